The van der Waals surface area contributed by atoms with Crippen LogP contribution in [0.2, 0.25) is 0 Å². The number of hydrogen-bond donors (Lipinski definition) is 0. The van der Waals surface area contributed by atoms with Gasteiger partial charge < -0.3 is 4.74 Å². The van der Waals surface area contributed by atoms with Gasteiger partial charge in [-0.05, 0) is 38.2 Å². The Hall–Kier alpha value is -1.64. The van der Waals surface area contributed by atoms with Crippen molar-refractivity contribution in [1.29, 1.82) is 0 Å². The highest BCUT2D eigenvalue weighted by Crippen LogP contribution is 2.10. The second kappa shape index (κ2) is 17.8. The number of ether oxygens (including phenoxy) is 1. The van der Waals surface area contributed by atoms with Crippen LogP contribution in [0.3, 0.4) is 0 Å². The Kier molecular flexibility index (Phi) is 15.4. The molecule has 0 radical (unpaired) electrons. The molecule has 152 valence electrons. The van der Waals surface area contributed by atoms with E-state index in [1.807, 2.05) is 12.1 Å². The molecular weight excluding hydrogens is 334 g/mol. The van der Waals surface area contributed by atoms with Gasteiger partial charge in [0.1, 0.15) is 6.61 Å². The lowest BCUT2D eigenvalue weighted by Crippen LogP contribution is -2.04. The maximum absolute atomic E-state index is 11.7. The van der Waals surface area contributed by atoms with Crippen molar-refractivity contribution in [1.82, 2.24) is 4.98 Å². The Morgan fingerprint density at radius 1 is 0.926 bits per heavy atom. The minimum atomic E-state index is -0.103. The molecule has 1 heterocycles. The van der Waals surface area contributed by atoms with Crippen molar-refractivity contribution in [3.05, 3.63) is 42.2 Å². The summed E-state index contributed by atoms with van der Waals surface area (Å²) in [6, 6.07) is 3.77. The molecule has 1 aromatic heterocycles. The molecule has 0 aliphatic rings. The normalized spacial score (nSPS) is 11.1. The molecule has 0 aliphatic carbocycles. The number of aromatic nitrogens is 1. The average molecular weight is 374 g/mol. The van der Waals surface area contributed by atoms with Crippen molar-refractivity contribution in [2.45, 2.75) is 103 Å². The highest BCUT2D eigenvalue weighted by molar-refractivity contribution is 5.69. The van der Waals surface area contributed by atoms with Crippen LogP contribution in [0.15, 0.2) is 36.7 Å². The predicted octanol–water partition coefficient (Wildman–Crippen LogP) is 7.16. The summed E-state index contributed by atoms with van der Waals surface area (Å²) < 4.78 is 5.26. The van der Waals surface area contributed by atoms with Crippen LogP contribution in [-0.2, 0) is 16.1 Å². The fourth-order valence-corrected chi connectivity index (χ4v) is 3.06. The Labute approximate surface area is 166 Å². The molecule has 0 atom stereocenters. The van der Waals surface area contributed by atoms with Crippen molar-refractivity contribution >= 4 is 5.97 Å². The molecule has 1 rings (SSSR count). The van der Waals surface area contributed by atoms with Gasteiger partial charge in [0, 0.05) is 24.4 Å². The number of hydrogen-bond acceptors (Lipinski definition) is 3. The number of rotatable bonds is 17. The zero-order chi connectivity index (χ0) is 19.4. The van der Waals surface area contributed by atoms with Crippen LogP contribution in [0.25, 0.3) is 0 Å². The van der Waals surface area contributed by atoms with Crippen LogP contribution in [0, 0.1) is 0 Å². The third-order valence-electron chi connectivity index (χ3n) is 4.77. The number of allylic oxidation sites excluding steroid dienone is 2. The van der Waals surface area contributed by atoms with Crippen LogP contribution < -0.4 is 0 Å². The summed E-state index contributed by atoms with van der Waals surface area (Å²) in [5.74, 6) is -0.103. The van der Waals surface area contributed by atoms with Crippen molar-refractivity contribution in [3.63, 3.8) is 0 Å². The summed E-state index contributed by atoms with van der Waals surface area (Å²) in [4.78, 5) is 15.7. The Bertz CT molecular complexity index is 484. The maximum atomic E-state index is 11.7. The third-order valence-corrected chi connectivity index (χ3v) is 4.77. The largest absolute Gasteiger partial charge is 0.461 e. The van der Waals surface area contributed by atoms with Gasteiger partial charge in [0.2, 0.25) is 0 Å². The van der Waals surface area contributed by atoms with Gasteiger partial charge in [-0.3, -0.25) is 9.78 Å². The van der Waals surface area contributed by atoms with Crippen LogP contribution in [0.4, 0.5) is 0 Å². The summed E-state index contributed by atoms with van der Waals surface area (Å²) in [7, 11) is 0. The summed E-state index contributed by atoms with van der Waals surface area (Å²) in [5, 5.41) is 0. The average Bonchev–Trinajstić information content (AvgIpc) is 2.70. The molecule has 3 heteroatoms. The standard InChI is InChI=1S/C24H39NO2/c1-2-3-4-5-6-7-8-9-10-11-12-13-14-15-16-19-24(26)27-22-23-18-17-20-25-21-23/h10-11,17-18,20-21H,2-9,12-16,19,22H2,1H3/b11-10-. The number of nitrogens with zero attached hydrogens (tertiary/aromatic N) is 1. The quantitative estimate of drug-likeness (QED) is 0.165. The molecule has 3 nitrogen and oxygen atoms in total. The Morgan fingerprint density at radius 3 is 2.19 bits per heavy atom. The van der Waals surface area contributed by atoms with Gasteiger partial charge in [-0.15, -0.1) is 0 Å². The lowest BCUT2D eigenvalue weighted by atomic mass is 10.1. The number of pyridine rings is 1. The zero-order valence-corrected chi connectivity index (χ0v) is 17.3. The molecule has 0 bridgehead atoms. The fraction of sp³-hybridized carbons (Fsp3) is 0.667. The van der Waals surface area contributed by atoms with E-state index in [-0.39, 0.29) is 5.97 Å². The molecular formula is C24H39NO2. The van der Waals surface area contributed by atoms with Gasteiger partial charge in [0.05, 0.1) is 0 Å². The first-order chi connectivity index (χ1) is 13.3. The van der Waals surface area contributed by atoms with Crippen LogP contribution in [-0.4, -0.2) is 11.0 Å². The summed E-state index contributed by atoms with van der Waals surface area (Å²) >= 11 is 0. The molecule has 0 amide bonds. The van der Waals surface area contributed by atoms with Crippen molar-refractivity contribution in [2.24, 2.45) is 0 Å². The third kappa shape index (κ3) is 15.1. The number of carbonyl (C=O) groups is 1. The number of unbranched alkanes of at least 4 members (excludes halogenated alkanes) is 11. The number of carbonyl (C=O) groups excluding carboxylic acids is 1. The van der Waals surface area contributed by atoms with Crippen molar-refractivity contribution < 1.29 is 9.53 Å². The highest BCUT2D eigenvalue weighted by atomic mass is 16.5. The molecule has 0 saturated carbocycles. The topological polar surface area (TPSA) is 39.2 Å². The molecule has 0 N–H and O–H groups in total. The molecule has 0 aromatic carbocycles. The molecule has 27 heavy (non-hydrogen) atoms. The molecule has 1 aromatic rings. The zero-order valence-electron chi connectivity index (χ0n) is 17.3. The molecule has 0 spiro atoms. The fourth-order valence-electron chi connectivity index (χ4n) is 3.06. The van der Waals surface area contributed by atoms with Crippen LogP contribution >= 0.6 is 0 Å². The minimum absolute atomic E-state index is 0.103. The first kappa shape index (κ1) is 23.4. The van der Waals surface area contributed by atoms with Crippen LogP contribution in [0.5, 0.6) is 0 Å². The van der Waals surface area contributed by atoms with E-state index in [2.05, 4.69) is 24.1 Å². The first-order valence-corrected chi connectivity index (χ1v) is 11.0. The first-order valence-electron chi connectivity index (χ1n) is 11.0. The smallest absolute Gasteiger partial charge is 0.306 e. The molecule has 0 unspecified atom stereocenters. The second-order valence-corrected chi connectivity index (χ2v) is 7.36. The molecule has 0 aliphatic heterocycles. The van der Waals surface area contributed by atoms with Crippen molar-refractivity contribution in [2.75, 3.05) is 0 Å². The summed E-state index contributed by atoms with van der Waals surface area (Å²) in [6.07, 6.45) is 25.2. The van der Waals surface area contributed by atoms with Crippen molar-refractivity contribution in [3.8, 4) is 0 Å². The van der Waals surface area contributed by atoms with Gasteiger partial charge in [-0.25, -0.2) is 0 Å². The lowest BCUT2D eigenvalue weighted by Gasteiger charge is -2.04. The Balaban J connectivity index is 1.82. The van der Waals surface area contributed by atoms with E-state index in [0.29, 0.717) is 13.0 Å². The highest BCUT2D eigenvalue weighted by Gasteiger charge is 2.03. The van der Waals surface area contributed by atoms with E-state index in [1.165, 1.54) is 70.6 Å². The van der Waals surface area contributed by atoms with Gasteiger partial charge in [0.15, 0.2) is 0 Å². The SMILES string of the molecule is CCCCCCCCC/C=C\CCCCCCC(=O)OCc1cccnc1. The lowest BCUT2D eigenvalue weighted by molar-refractivity contribution is -0.145. The monoisotopic (exact) mass is 373 g/mol. The summed E-state index contributed by atoms with van der Waals surface area (Å²) in [6.45, 7) is 2.60. The van der Waals surface area contributed by atoms with Gasteiger partial charge >= 0.3 is 5.97 Å². The Morgan fingerprint density at radius 2 is 1.56 bits per heavy atom. The number of esters is 1. The van der Waals surface area contributed by atoms with E-state index in [0.717, 1.165) is 18.4 Å². The van der Waals surface area contributed by atoms with Crippen LogP contribution in [0.1, 0.15) is 102 Å². The minimum Gasteiger partial charge on any atom is -0.461 e. The van der Waals surface area contributed by atoms with Gasteiger partial charge in [-0.2, -0.15) is 0 Å². The second-order valence-electron chi connectivity index (χ2n) is 7.36. The summed E-state index contributed by atoms with van der Waals surface area (Å²) in [5.41, 5.74) is 0.939. The molecule has 0 saturated heterocycles. The van der Waals surface area contributed by atoms with E-state index in [1.54, 1.807) is 12.4 Å². The van der Waals surface area contributed by atoms with E-state index in [4.69, 9.17) is 4.74 Å². The predicted molar refractivity (Wildman–Crippen MR) is 113 cm³/mol. The van der Waals surface area contributed by atoms with E-state index >= 15 is 0 Å². The van der Waals surface area contributed by atoms with Gasteiger partial charge in [0.25, 0.3) is 0 Å². The van der Waals surface area contributed by atoms with E-state index in [9.17, 15) is 4.79 Å². The van der Waals surface area contributed by atoms with E-state index < -0.39 is 0 Å². The van der Waals surface area contributed by atoms with Gasteiger partial charge in [-0.1, -0.05) is 76.5 Å². The molecule has 0 fully saturated rings. The maximum Gasteiger partial charge on any atom is 0.306 e.